The number of anilines is 3. The Labute approximate surface area is 294 Å². The average Bonchev–Trinajstić information content (AvgIpc) is 3.11. The zero-order valence-electron chi connectivity index (χ0n) is 30.1. The number of hydrogen-bond donors (Lipinski definition) is 1. The third-order valence-corrected chi connectivity index (χ3v) is 8.64. The number of methoxy groups -OCH3 is 3. The van der Waals surface area contributed by atoms with Crippen LogP contribution in [0.25, 0.3) is 0 Å². The lowest BCUT2D eigenvalue weighted by atomic mass is 10.1. The van der Waals surface area contributed by atoms with Crippen molar-refractivity contribution in [1.29, 1.82) is 0 Å². The molecule has 0 saturated carbocycles. The molecule has 1 N–H and O–H groups in total. The summed E-state index contributed by atoms with van der Waals surface area (Å²) < 4.78 is 28.9. The molecular weight excluding hydrogens is 636 g/mol. The van der Waals surface area contributed by atoms with Crippen LogP contribution in [0.5, 0.6) is 28.7 Å². The van der Waals surface area contributed by atoms with Crippen molar-refractivity contribution < 1.29 is 28.5 Å². The predicted molar refractivity (Wildman–Crippen MR) is 195 cm³/mol. The monoisotopic (exact) mass is 684 g/mol. The van der Waals surface area contributed by atoms with Gasteiger partial charge in [-0.1, -0.05) is 17.7 Å². The third-order valence-electron chi connectivity index (χ3n) is 8.64. The molecular formula is C38H48N6O6. The summed E-state index contributed by atoms with van der Waals surface area (Å²) in [6.07, 6.45) is 1.91. The summed E-state index contributed by atoms with van der Waals surface area (Å²) >= 11 is 0. The van der Waals surface area contributed by atoms with Crippen molar-refractivity contribution in [3.05, 3.63) is 83.0 Å². The van der Waals surface area contributed by atoms with Crippen LogP contribution in [-0.4, -0.2) is 93.6 Å². The van der Waals surface area contributed by atoms with E-state index in [1.54, 1.807) is 45.7 Å². The first kappa shape index (κ1) is 36.2. The fourth-order valence-electron chi connectivity index (χ4n) is 5.98. The van der Waals surface area contributed by atoms with Gasteiger partial charge in [0.15, 0.2) is 11.5 Å². The lowest BCUT2D eigenvalue weighted by Crippen LogP contribution is -2.44. The third kappa shape index (κ3) is 9.33. The minimum atomic E-state index is -0.606. The van der Waals surface area contributed by atoms with Crippen molar-refractivity contribution in [3.63, 3.8) is 0 Å². The summed E-state index contributed by atoms with van der Waals surface area (Å²) in [4.78, 5) is 29.4. The van der Waals surface area contributed by atoms with Gasteiger partial charge in [-0.15, -0.1) is 0 Å². The molecule has 4 aromatic rings. The topological polar surface area (TPSA) is 111 Å². The molecule has 1 aliphatic rings. The second kappa shape index (κ2) is 17.0. The maximum Gasteiger partial charge on any atom is 0.421 e. The number of carbonyl (C=O) groups excluding carboxylic acids is 1. The van der Waals surface area contributed by atoms with Crippen LogP contribution < -0.4 is 33.9 Å². The lowest BCUT2D eigenvalue weighted by molar-refractivity contribution is 0.145. The van der Waals surface area contributed by atoms with Crippen LogP contribution in [0.2, 0.25) is 0 Å². The zero-order valence-corrected chi connectivity index (χ0v) is 30.1. The van der Waals surface area contributed by atoms with Crippen molar-refractivity contribution in [1.82, 2.24) is 19.8 Å². The highest BCUT2D eigenvalue weighted by Crippen LogP contribution is 2.33. The molecule has 5 rings (SSSR count). The Kier molecular flexibility index (Phi) is 12.3. The number of piperazine rings is 1. The Morgan fingerprint density at radius 3 is 2.28 bits per heavy atom. The molecule has 50 heavy (non-hydrogen) atoms. The normalized spacial score (nSPS) is 13.4. The van der Waals surface area contributed by atoms with E-state index in [1.165, 1.54) is 4.90 Å². The number of hydrogen-bond acceptors (Lipinski definition) is 11. The van der Waals surface area contributed by atoms with E-state index in [4.69, 9.17) is 28.7 Å². The second-order valence-corrected chi connectivity index (χ2v) is 12.4. The van der Waals surface area contributed by atoms with E-state index < -0.39 is 6.09 Å². The van der Waals surface area contributed by atoms with E-state index in [9.17, 15) is 4.79 Å². The first-order valence-corrected chi connectivity index (χ1v) is 16.8. The zero-order chi connectivity index (χ0) is 35.6. The molecule has 2 heterocycles. The van der Waals surface area contributed by atoms with Crippen molar-refractivity contribution in [2.45, 2.75) is 33.7 Å². The number of likely N-dealkylation sites (N-methyl/N-ethyl adjacent to an activating group) is 1. The van der Waals surface area contributed by atoms with Gasteiger partial charge in [-0.2, -0.15) is 4.98 Å². The fourth-order valence-corrected chi connectivity index (χ4v) is 5.98. The Bertz CT molecular complexity index is 1740. The highest BCUT2D eigenvalue weighted by Gasteiger charge is 2.24. The smallest absolute Gasteiger partial charge is 0.421 e. The second-order valence-electron chi connectivity index (χ2n) is 12.4. The summed E-state index contributed by atoms with van der Waals surface area (Å²) in [7, 11) is 6.95. The SMILES string of the molecule is COc1ccc(OC)c(CN(C(=O)Oc2c(C)cc(C)cc2C)c2ccnc(Nc3ccc(OCCCN4CCN(C)CC4)c(OC)c3)n2)c1. The first-order valence-electron chi connectivity index (χ1n) is 16.8. The summed E-state index contributed by atoms with van der Waals surface area (Å²) in [6, 6.07) is 16.6. The minimum absolute atomic E-state index is 0.0916. The molecule has 1 fully saturated rings. The van der Waals surface area contributed by atoms with Gasteiger partial charge in [-0.25, -0.2) is 9.78 Å². The van der Waals surface area contributed by atoms with Gasteiger partial charge in [-0.3, -0.25) is 4.90 Å². The number of amides is 1. The van der Waals surface area contributed by atoms with E-state index in [-0.39, 0.29) is 12.5 Å². The van der Waals surface area contributed by atoms with Gasteiger partial charge < -0.3 is 38.8 Å². The molecule has 3 aromatic carbocycles. The Balaban J connectivity index is 1.34. The molecule has 0 bridgehead atoms. The quantitative estimate of drug-likeness (QED) is 0.149. The Morgan fingerprint density at radius 2 is 1.58 bits per heavy atom. The Morgan fingerprint density at radius 1 is 0.860 bits per heavy atom. The van der Waals surface area contributed by atoms with E-state index in [0.717, 1.165) is 55.8 Å². The van der Waals surface area contributed by atoms with Gasteiger partial charge in [0.1, 0.15) is 23.1 Å². The van der Waals surface area contributed by atoms with E-state index in [2.05, 4.69) is 27.1 Å². The van der Waals surface area contributed by atoms with Gasteiger partial charge in [0.25, 0.3) is 0 Å². The highest BCUT2D eigenvalue weighted by atomic mass is 16.6. The first-order chi connectivity index (χ1) is 24.2. The highest BCUT2D eigenvalue weighted by molar-refractivity contribution is 5.88. The number of aryl methyl sites for hydroxylation is 3. The number of nitrogens with one attached hydrogen (secondary N) is 1. The molecule has 0 radical (unpaired) electrons. The van der Waals surface area contributed by atoms with Gasteiger partial charge in [0.2, 0.25) is 5.95 Å². The number of carbonyl (C=O) groups is 1. The molecule has 1 aliphatic heterocycles. The minimum Gasteiger partial charge on any atom is -0.497 e. The summed E-state index contributed by atoms with van der Waals surface area (Å²) in [5.41, 5.74) is 4.20. The van der Waals surface area contributed by atoms with Gasteiger partial charge in [0.05, 0.1) is 34.5 Å². The van der Waals surface area contributed by atoms with Crippen LogP contribution in [0.3, 0.4) is 0 Å². The molecule has 266 valence electrons. The van der Waals surface area contributed by atoms with Gasteiger partial charge in [0, 0.05) is 56.2 Å². The number of ether oxygens (including phenoxy) is 5. The number of benzene rings is 3. The number of nitrogens with zero attached hydrogens (tertiary/aromatic N) is 5. The fraction of sp³-hybridized carbons (Fsp3) is 0.395. The van der Waals surface area contributed by atoms with E-state index in [1.807, 2.05) is 57.2 Å². The van der Waals surface area contributed by atoms with Crippen LogP contribution in [0, 0.1) is 20.8 Å². The van der Waals surface area contributed by atoms with Crippen LogP contribution >= 0.6 is 0 Å². The van der Waals surface area contributed by atoms with Crippen LogP contribution in [0.15, 0.2) is 60.8 Å². The standard InChI is InChI=1S/C38H48N6O6/c1-26-21-27(2)36(28(3)22-26)50-38(45)44(25-29-23-31(46-5)10-12-32(29)47-6)35-13-14-39-37(41-35)40-30-9-11-33(34(24-30)48-7)49-20-8-15-43-18-16-42(4)17-19-43/h9-14,21-24H,8,15-20,25H2,1-7H3,(H,39,40,41). The van der Waals surface area contributed by atoms with Crippen LogP contribution in [-0.2, 0) is 6.54 Å². The molecule has 0 atom stereocenters. The maximum atomic E-state index is 14.0. The van der Waals surface area contributed by atoms with Crippen molar-refractivity contribution in [3.8, 4) is 28.7 Å². The van der Waals surface area contributed by atoms with Crippen LogP contribution in [0.1, 0.15) is 28.7 Å². The van der Waals surface area contributed by atoms with Crippen LogP contribution in [0.4, 0.5) is 22.2 Å². The molecule has 1 saturated heterocycles. The van der Waals surface area contributed by atoms with Gasteiger partial charge in [-0.05, 0) is 81.8 Å². The predicted octanol–water partition coefficient (Wildman–Crippen LogP) is 6.39. The summed E-state index contributed by atoms with van der Waals surface area (Å²) in [5, 5.41) is 3.24. The molecule has 0 aliphatic carbocycles. The molecule has 12 nitrogen and oxygen atoms in total. The number of rotatable bonds is 14. The average molecular weight is 685 g/mol. The number of aromatic nitrogens is 2. The summed E-state index contributed by atoms with van der Waals surface area (Å²) in [5.74, 6) is 3.58. The van der Waals surface area contributed by atoms with Crippen molar-refractivity contribution in [2.75, 3.05) is 77.9 Å². The molecule has 0 unspecified atom stereocenters. The van der Waals surface area contributed by atoms with E-state index >= 15 is 0 Å². The lowest BCUT2D eigenvalue weighted by Gasteiger charge is -2.32. The molecule has 12 heteroatoms. The molecule has 1 amide bonds. The van der Waals surface area contributed by atoms with E-state index in [0.29, 0.717) is 52.4 Å². The maximum absolute atomic E-state index is 14.0. The largest absolute Gasteiger partial charge is 0.497 e. The summed E-state index contributed by atoms with van der Waals surface area (Å²) in [6.45, 7) is 11.9. The molecule has 1 aromatic heterocycles. The van der Waals surface area contributed by atoms with Crippen molar-refractivity contribution >= 4 is 23.5 Å². The van der Waals surface area contributed by atoms with Crippen molar-refractivity contribution in [2.24, 2.45) is 0 Å². The van der Waals surface area contributed by atoms with Gasteiger partial charge >= 0.3 is 6.09 Å². The Hall–Kier alpha value is -5.07. The molecule has 0 spiro atoms.